The fourth-order valence-electron chi connectivity index (χ4n) is 4.00. The minimum atomic E-state index is -3.65. The Morgan fingerprint density at radius 2 is 1.97 bits per heavy atom. The summed E-state index contributed by atoms with van der Waals surface area (Å²) in [5.41, 5.74) is 2.01. The Hall–Kier alpha value is -2.38. The standard InChI is InChI=1S/C24H32N2O4S/c1-18-16-22(13-14-23(18)30-3)31(28,29)26-15-7-10-21(17-26)24(27)25-19(2)11-12-20-8-5-4-6-9-20/h4-6,8-9,13-14,16,19,21H,7,10-12,15,17H2,1-3H3,(H,25,27)/t19-,21-/m1/s1. The number of nitrogens with zero attached hydrogens (tertiary/aromatic N) is 1. The molecule has 1 heterocycles. The van der Waals surface area contributed by atoms with E-state index in [9.17, 15) is 13.2 Å². The average Bonchev–Trinajstić information content (AvgIpc) is 2.78. The van der Waals surface area contributed by atoms with Crippen LogP contribution in [-0.2, 0) is 21.2 Å². The van der Waals surface area contributed by atoms with Gasteiger partial charge in [0.15, 0.2) is 0 Å². The Labute approximate surface area is 185 Å². The number of piperidine rings is 1. The van der Waals surface area contributed by atoms with Crippen LogP contribution in [0.3, 0.4) is 0 Å². The van der Waals surface area contributed by atoms with Gasteiger partial charge in [-0.05, 0) is 68.9 Å². The van der Waals surface area contributed by atoms with Crippen molar-refractivity contribution in [2.75, 3.05) is 20.2 Å². The summed E-state index contributed by atoms with van der Waals surface area (Å²) in [6.45, 7) is 4.46. The highest BCUT2D eigenvalue weighted by Crippen LogP contribution is 2.27. The predicted octanol–water partition coefficient (Wildman–Crippen LogP) is 3.54. The zero-order valence-electron chi connectivity index (χ0n) is 18.5. The molecule has 2 aromatic carbocycles. The Morgan fingerprint density at radius 1 is 1.23 bits per heavy atom. The molecular formula is C24H32N2O4S. The van der Waals surface area contributed by atoms with Crippen molar-refractivity contribution in [1.29, 1.82) is 0 Å². The molecule has 0 unspecified atom stereocenters. The highest BCUT2D eigenvalue weighted by Gasteiger charge is 2.33. The summed E-state index contributed by atoms with van der Waals surface area (Å²) in [4.78, 5) is 13.1. The maximum absolute atomic E-state index is 13.1. The maximum atomic E-state index is 13.1. The van der Waals surface area contributed by atoms with Crippen LogP contribution in [0, 0.1) is 12.8 Å². The average molecular weight is 445 g/mol. The molecule has 1 fully saturated rings. The second-order valence-electron chi connectivity index (χ2n) is 8.27. The summed E-state index contributed by atoms with van der Waals surface area (Å²) < 4.78 is 33.0. The number of sulfonamides is 1. The van der Waals surface area contributed by atoms with Gasteiger partial charge in [-0.3, -0.25) is 4.79 Å². The first kappa shape index (κ1) is 23.3. The minimum absolute atomic E-state index is 0.0314. The number of hydrogen-bond acceptors (Lipinski definition) is 4. The lowest BCUT2D eigenvalue weighted by Gasteiger charge is -2.32. The molecule has 0 aliphatic carbocycles. The number of ether oxygens (including phenoxy) is 1. The molecule has 31 heavy (non-hydrogen) atoms. The fraction of sp³-hybridized carbons (Fsp3) is 0.458. The topological polar surface area (TPSA) is 75.7 Å². The van der Waals surface area contributed by atoms with Gasteiger partial charge in [0.2, 0.25) is 15.9 Å². The van der Waals surface area contributed by atoms with Gasteiger partial charge in [0.05, 0.1) is 17.9 Å². The molecular weight excluding hydrogens is 412 g/mol. The molecule has 2 atom stereocenters. The summed E-state index contributed by atoms with van der Waals surface area (Å²) in [7, 11) is -2.09. The fourth-order valence-corrected chi connectivity index (χ4v) is 5.61. The number of aryl methyl sites for hydroxylation is 2. The molecule has 3 rings (SSSR count). The highest BCUT2D eigenvalue weighted by atomic mass is 32.2. The number of carbonyl (C=O) groups excluding carboxylic acids is 1. The first-order chi connectivity index (χ1) is 14.8. The zero-order valence-corrected chi connectivity index (χ0v) is 19.3. The van der Waals surface area contributed by atoms with Gasteiger partial charge in [-0.1, -0.05) is 30.3 Å². The van der Waals surface area contributed by atoms with E-state index in [1.165, 1.54) is 9.87 Å². The number of hydrogen-bond donors (Lipinski definition) is 1. The summed E-state index contributed by atoms with van der Waals surface area (Å²) in [5, 5.41) is 3.08. The lowest BCUT2D eigenvalue weighted by Crippen LogP contribution is -2.47. The minimum Gasteiger partial charge on any atom is -0.496 e. The highest BCUT2D eigenvalue weighted by molar-refractivity contribution is 7.89. The van der Waals surface area contributed by atoms with Gasteiger partial charge in [0, 0.05) is 19.1 Å². The Bertz CT molecular complexity index is 992. The van der Waals surface area contributed by atoms with Gasteiger partial charge in [0.25, 0.3) is 0 Å². The Kier molecular flexibility index (Phi) is 7.73. The van der Waals surface area contributed by atoms with Gasteiger partial charge in [-0.25, -0.2) is 8.42 Å². The van der Waals surface area contributed by atoms with E-state index in [0.29, 0.717) is 25.1 Å². The van der Waals surface area contributed by atoms with Crippen molar-refractivity contribution in [3.05, 3.63) is 59.7 Å². The van der Waals surface area contributed by atoms with Crippen LogP contribution in [0.4, 0.5) is 0 Å². The van der Waals surface area contributed by atoms with Crippen LogP contribution >= 0.6 is 0 Å². The third kappa shape index (κ3) is 5.86. The lowest BCUT2D eigenvalue weighted by molar-refractivity contribution is -0.126. The molecule has 6 nitrogen and oxygen atoms in total. The summed E-state index contributed by atoms with van der Waals surface area (Å²) >= 11 is 0. The number of nitrogens with one attached hydrogen (secondary N) is 1. The molecule has 1 N–H and O–H groups in total. The molecule has 2 aromatic rings. The Balaban J connectivity index is 1.60. The van der Waals surface area contributed by atoms with E-state index in [-0.39, 0.29) is 29.3 Å². The molecule has 0 aromatic heterocycles. The van der Waals surface area contributed by atoms with Gasteiger partial charge in [-0.15, -0.1) is 0 Å². The monoisotopic (exact) mass is 444 g/mol. The van der Waals surface area contributed by atoms with E-state index < -0.39 is 10.0 Å². The molecule has 7 heteroatoms. The molecule has 0 saturated carbocycles. The predicted molar refractivity (Wildman–Crippen MR) is 122 cm³/mol. The number of carbonyl (C=O) groups is 1. The van der Waals surface area contributed by atoms with E-state index in [0.717, 1.165) is 18.4 Å². The van der Waals surface area contributed by atoms with Crippen LogP contribution in [-0.4, -0.2) is 44.9 Å². The van der Waals surface area contributed by atoms with Crippen molar-refractivity contribution in [3.63, 3.8) is 0 Å². The second-order valence-corrected chi connectivity index (χ2v) is 10.2. The van der Waals surface area contributed by atoms with E-state index in [1.54, 1.807) is 25.3 Å². The maximum Gasteiger partial charge on any atom is 0.243 e. The summed E-state index contributed by atoms with van der Waals surface area (Å²) in [6.07, 6.45) is 3.11. The van der Waals surface area contributed by atoms with E-state index in [1.807, 2.05) is 32.0 Å². The molecule has 1 amide bonds. The number of benzene rings is 2. The van der Waals surface area contributed by atoms with Crippen molar-refractivity contribution < 1.29 is 17.9 Å². The smallest absolute Gasteiger partial charge is 0.243 e. The molecule has 1 aliphatic rings. The first-order valence-electron chi connectivity index (χ1n) is 10.8. The second kappa shape index (κ2) is 10.3. The quantitative estimate of drug-likeness (QED) is 0.676. The van der Waals surface area contributed by atoms with Gasteiger partial charge in [0.1, 0.15) is 5.75 Å². The van der Waals surface area contributed by atoms with Gasteiger partial charge >= 0.3 is 0 Å². The number of amides is 1. The lowest BCUT2D eigenvalue weighted by atomic mass is 9.98. The molecule has 0 radical (unpaired) electrons. The van der Waals surface area contributed by atoms with Gasteiger partial charge < -0.3 is 10.1 Å². The van der Waals surface area contributed by atoms with Crippen LogP contribution in [0.1, 0.15) is 37.3 Å². The number of methoxy groups -OCH3 is 1. The first-order valence-corrected chi connectivity index (χ1v) is 12.2. The molecule has 0 bridgehead atoms. The molecule has 0 spiro atoms. The molecule has 168 valence electrons. The van der Waals surface area contributed by atoms with Gasteiger partial charge in [-0.2, -0.15) is 4.31 Å². The van der Waals surface area contributed by atoms with Crippen LogP contribution in [0.2, 0.25) is 0 Å². The van der Waals surface area contributed by atoms with Crippen LogP contribution in [0.15, 0.2) is 53.4 Å². The third-order valence-electron chi connectivity index (χ3n) is 5.86. The van der Waals surface area contributed by atoms with E-state index in [4.69, 9.17) is 4.74 Å². The van der Waals surface area contributed by atoms with Crippen molar-refractivity contribution in [3.8, 4) is 5.75 Å². The Morgan fingerprint density at radius 3 is 2.65 bits per heavy atom. The normalized spacial score (nSPS) is 18.4. The van der Waals surface area contributed by atoms with Crippen molar-refractivity contribution in [1.82, 2.24) is 9.62 Å². The zero-order chi connectivity index (χ0) is 22.4. The molecule has 1 aliphatic heterocycles. The van der Waals surface area contributed by atoms with E-state index >= 15 is 0 Å². The van der Waals surface area contributed by atoms with Crippen LogP contribution in [0.5, 0.6) is 5.75 Å². The van der Waals surface area contributed by atoms with Crippen molar-refractivity contribution in [2.24, 2.45) is 5.92 Å². The van der Waals surface area contributed by atoms with Crippen molar-refractivity contribution >= 4 is 15.9 Å². The van der Waals surface area contributed by atoms with Crippen LogP contribution in [0.25, 0.3) is 0 Å². The summed E-state index contributed by atoms with van der Waals surface area (Å²) in [5.74, 6) is 0.257. The van der Waals surface area contributed by atoms with E-state index in [2.05, 4.69) is 17.4 Å². The van der Waals surface area contributed by atoms with Crippen LogP contribution < -0.4 is 10.1 Å². The number of rotatable bonds is 8. The molecule has 1 saturated heterocycles. The third-order valence-corrected chi connectivity index (χ3v) is 7.72. The van der Waals surface area contributed by atoms with Crippen molar-refractivity contribution in [2.45, 2.75) is 50.5 Å². The summed E-state index contributed by atoms with van der Waals surface area (Å²) in [6, 6.07) is 15.1. The largest absolute Gasteiger partial charge is 0.496 e. The SMILES string of the molecule is COc1ccc(S(=O)(=O)N2CCC[C@@H](C(=O)N[C@H](C)CCc3ccccc3)C2)cc1C.